The van der Waals surface area contributed by atoms with Crippen molar-refractivity contribution in [3.8, 4) is 5.69 Å². The van der Waals surface area contributed by atoms with Crippen LogP contribution < -0.4 is 5.32 Å². The summed E-state index contributed by atoms with van der Waals surface area (Å²) in [6.45, 7) is 9.12. The van der Waals surface area contributed by atoms with E-state index in [1.54, 1.807) is 0 Å². The van der Waals surface area contributed by atoms with E-state index >= 15 is 0 Å². The van der Waals surface area contributed by atoms with Crippen LogP contribution in [0.5, 0.6) is 0 Å². The van der Waals surface area contributed by atoms with E-state index in [2.05, 4.69) is 53.0 Å². The van der Waals surface area contributed by atoms with Crippen LogP contribution in [0.1, 0.15) is 62.3 Å². The van der Waals surface area contributed by atoms with E-state index in [1.807, 2.05) is 0 Å². The van der Waals surface area contributed by atoms with Crippen LogP contribution in [-0.2, 0) is 12.8 Å². The molecule has 0 aliphatic carbocycles. The summed E-state index contributed by atoms with van der Waals surface area (Å²) < 4.78 is 2.22. The van der Waals surface area contributed by atoms with Gasteiger partial charge in [-0.1, -0.05) is 32.0 Å². The molecule has 1 unspecified atom stereocenters. The first-order valence-corrected chi connectivity index (χ1v) is 10.5. The molecule has 0 amide bonds. The van der Waals surface area contributed by atoms with Crippen molar-refractivity contribution in [1.82, 2.24) is 14.7 Å². The molecule has 1 fully saturated rings. The molecule has 2 aliphatic heterocycles. The molecule has 1 aromatic heterocycles. The van der Waals surface area contributed by atoms with E-state index in [0.717, 1.165) is 32.5 Å². The molecule has 1 saturated heterocycles. The van der Waals surface area contributed by atoms with Crippen molar-refractivity contribution in [2.24, 2.45) is 0 Å². The summed E-state index contributed by atoms with van der Waals surface area (Å²) in [5.74, 6) is 1.83. The average Bonchev–Trinajstić information content (AvgIpc) is 2.88. The van der Waals surface area contributed by atoms with E-state index in [9.17, 15) is 0 Å². The average molecular weight is 353 g/mol. The van der Waals surface area contributed by atoms with Gasteiger partial charge in [-0.25, -0.2) is 4.68 Å². The number of nitrogens with zero attached hydrogens (tertiary/aromatic N) is 3. The van der Waals surface area contributed by atoms with Crippen molar-refractivity contribution in [3.05, 3.63) is 41.1 Å². The van der Waals surface area contributed by atoms with Crippen LogP contribution in [0.4, 0.5) is 5.82 Å². The Labute approximate surface area is 157 Å². The third kappa shape index (κ3) is 3.27. The number of aromatic nitrogens is 2. The topological polar surface area (TPSA) is 33.1 Å². The third-order valence-corrected chi connectivity index (χ3v) is 6.10. The lowest BCUT2D eigenvalue weighted by Gasteiger charge is -2.31. The summed E-state index contributed by atoms with van der Waals surface area (Å²) in [5, 5.41) is 8.95. The molecule has 4 rings (SSSR count). The predicted molar refractivity (Wildman–Crippen MR) is 108 cm³/mol. The number of hydrogen-bond acceptors (Lipinski definition) is 3. The lowest BCUT2D eigenvalue weighted by molar-refractivity contribution is 0.215. The number of rotatable bonds is 4. The van der Waals surface area contributed by atoms with Gasteiger partial charge in [-0.2, -0.15) is 5.10 Å². The Hall–Kier alpha value is -1.81. The zero-order valence-electron chi connectivity index (χ0n) is 16.3. The Morgan fingerprint density at radius 1 is 1.15 bits per heavy atom. The number of piperidine rings is 1. The number of benzene rings is 1. The molecule has 26 heavy (non-hydrogen) atoms. The first-order valence-electron chi connectivity index (χ1n) is 10.5. The molecule has 3 heterocycles. The van der Waals surface area contributed by atoms with Crippen molar-refractivity contribution < 1.29 is 0 Å². The molecule has 2 aromatic rings. The molecule has 0 spiro atoms. The fourth-order valence-electron chi connectivity index (χ4n) is 4.61. The van der Waals surface area contributed by atoms with Crippen molar-refractivity contribution in [3.63, 3.8) is 0 Å². The summed E-state index contributed by atoms with van der Waals surface area (Å²) in [6.07, 6.45) is 7.27. The second-order valence-corrected chi connectivity index (χ2v) is 7.72. The summed E-state index contributed by atoms with van der Waals surface area (Å²) in [4.78, 5) is 2.59. The van der Waals surface area contributed by atoms with Crippen molar-refractivity contribution in [1.29, 1.82) is 0 Å². The number of likely N-dealkylation sites (tertiary alicyclic amines) is 1. The van der Waals surface area contributed by atoms with Gasteiger partial charge >= 0.3 is 0 Å². The molecule has 4 heteroatoms. The van der Waals surface area contributed by atoms with Gasteiger partial charge in [0.2, 0.25) is 0 Å². The maximum absolute atomic E-state index is 5.23. The molecular weight excluding hydrogens is 320 g/mol. The van der Waals surface area contributed by atoms with E-state index in [0.29, 0.717) is 5.92 Å². The second kappa shape index (κ2) is 7.83. The highest BCUT2D eigenvalue weighted by atomic mass is 15.3. The van der Waals surface area contributed by atoms with Gasteiger partial charge in [-0.15, -0.1) is 0 Å². The van der Waals surface area contributed by atoms with Gasteiger partial charge in [0.25, 0.3) is 0 Å². The maximum atomic E-state index is 5.23. The van der Waals surface area contributed by atoms with Gasteiger partial charge in [-0.05, 0) is 63.2 Å². The molecule has 1 aromatic carbocycles. The number of fused-ring (bicyclic) bond motifs is 1. The number of para-hydroxylation sites is 1. The summed E-state index contributed by atoms with van der Waals surface area (Å²) >= 11 is 0. The lowest BCUT2D eigenvalue weighted by Crippen LogP contribution is -2.34. The van der Waals surface area contributed by atoms with Crippen LogP contribution in [0.3, 0.4) is 0 Å². The first-order chi connectivity index (χ1) is 12.8. The SMILES string of the molecule is CCc1ccccc1-n1nc(C2CCCN(CC)C2)c2c1NCCCC2. The minimum absolute atomic E-state index is 0.576. The Morgan fingerprint density at radius 3 is 2.88 bits per heavy atom. The number of hydrogen-bond donors (Lipinski definition) is 1. The summed E-state index contributed by atoms with van der Waals surface area (Å²) in [7, 11) is 0. The molecule has 140 valence electrons. The monoisotopic (exact) mass is 352 g/mol. The van der Waals surface area contributed by atoms with Crippen molar-refractivity contribution >= 4 is 5.82 Å². The largest absolute Gasteiger partial charge is 0.370 e. The van der Waals surface area contributed by atoms with Crippen LogP contribution in [-0.4, -0.2) is 40.9 Å². The zero-order chi connectivity index (χ0) is 17.9. The van der Waals surface area contributed by atoms with E-state index in [-0.39, 0.29) is 0 Å². The molecule has 1 N–H and O–H groups in total. The van der Waals surface area contributed by atoms with Crippen LogP contribution >= 0.6 is 0 Å². The summed E-state index contributed by atoms with van der Waals surface area (Å²) in [5.41, 5.74) is 5.46. The quantitative estimate of drug-likeness (QED) is 0.886. The Kier molecular flexibility index (Phi) is 5.30. The Balaban J connectivity index is 1.79. The molecule has 2 aliphatic rings. The number of likely N-dealkylation sites (N-methyl/N-ethyl adjacent to an activating group) is 1. The number of aryl methyl sites for hydroxylation is 1. The molecule has 1 atom stereocenters. The standard InChI is InChI=1S/C22H32N4/c1-3-17-10-5-6-13-20(17)26-22-19(12-7-8-14-23-22)21(24-26)18-11-9-15-25(4-2)16-18/h5-6,10,13,18,23H,3-4,7-9,11-12,14-16H2,1-2H3. The Morgan fingerprint density at radius 2 is 2.04 bits per heavy atom. The van der Waals surface area contributed by atoms with E-state index < -0.39 is 0 Å². The van der Waals surface area contributed by atoms with Gasteiger partial charge in [0.15, 0.2) is 0 Å². The smallest absolute Gasteiger partial charge is 0.133 e. The second-order valence-electron chi connectivity index (χ2n) is 7.72. The van der Waals surface area contributed by atoms with Crippen LogP contribution in [0.15, 0.2) is 24.3 Å². The van der Waals surface area contributed by atoms with Gasteiger partial charge in [0, 0.05) is 24.6 Å². The van der Waals surface area contributed by atoms with E-state index in [4.69, 9.17) is 5.10 Å². The normalized spacial score (nSPS) is 21.1. The minimum Gasteiger partial charge on any atom is -0.370 e. The number of nitrogens with one attached hydrogen (secondary N) is 1. The minimum atomic E-state index is 0.576. The highest BCUT2D eigenvalue weighted by Crippen LogP contribution is 2.36. The van der Waals surface area contributed by atoms with Crippen LogP contribution in [0, 0.1) is 0 Å². The molecule has 4 nitrogen and oxygen atoms in total. The van der Waals surface area contributed by atoms with Crippen molar-refractivity contribution in [2.45, 2.75) is 58.3 Å². The molecule has 0 bridgehead atoms. The zero-order valence-corrected chi connectivity index (χ0v) is 16.3. The van der Waals surface area contributed by atoms with Gasteiger partial charge in [0.1, 0.15) is 5.82 Å². The highest BCUT2D eigenvalue weighted by Gasteiger charge is 2.29. The number of anilines is 1. The lowest BCUT2D eigenvalue weighted by atomic mass is 9.91. The van der Waals surface area contributed by atoms with Gasteiger partial charge < -0.3 is 10.2 Å². The van der Waals surface area contributed by atoms with E-state index in [1.165, 1.54) is 60.6 Å². The Bertz CT molecular complexity index is 749. The maximum Gasteiger partial charge on any atom is 0.133 e. The van der Waals surface area contributed by atoms with Crippen LogP contribution in [0.2, 0.25) is 0 Å². The van der Waals surface area contributed by atoms with Gasteiger partial charge in [-0.3, -0.25) is 0 Å². The predicted octanol–water partition coefficient (Wildman–Crippen LogP) is 4.38. The van der Waals surface area contributed by atoms with Crippen molar-refractivity contribution in [2.75, 3.05) is 31.5 Å². The fraction of sp³-hybridized carbons (Fsp3) is 0.591. The summed E-state index contributed by atoms with van der Waals surface area (Å²) in [6, 6.07) is 8.73. The molecule has 0 saturated carbocycles. The third-order valence-electron chi connectivity index (χ3n) is 6.10. The van der Waals surface area contributed by atoms with Crippen LogP contribution in [0.25, 0.3) is 5.69 Å². The first kappa shape index (κ1) is 17.6. The van der Waals surface area contributed by atoms with Gasteiger partial charge in [0.05, 0.1) is 11.4 Å². The fourth-order valence-corrected chi connectivity index (χ4v) is 4.61. The molecular formula is C22H32N4. The molecule has 0 radical (unpaired) electrons. The highest BCUT2D eigenvalue weighted by molar-refractivity contribution is 5.57.